The Morgan fingerprint density at radius 1 is 1.21 bits per heavy atom. The predicted octanol–water partition coefficient (Wildman–Crippen LogP) is 2.77. The molecule has 8 heteroatoms. The van der Waals surface area contributed by atoms with Crippen molar-refractivity contribution in [2.24, 2.45) is 5.92 Å². The van der Waals surface area contributed by atoms with E-state index in [9.17, 15) is 4.79 Å². The van der Waals surface area contributed by atoms with Crippen molar-refractivity contribution < 1.29 is 9.53 Å². The van der Waals surface area contributed by atoms with E-state index < -0.39 is 0 Å². The van der Waals surface area contributed by atoms with Crippen molar-refractivity contribution in [3.63, 3.8) is 0 Å². The molecule has 1 atom stereocenters. The average Bonchev–Trinajstić information content (AvgIpc) is 3.37. The monoisotopic (exact) mass is 403 g/mol. The molecule has 4 heterocycles. The van der Waals surface area contributed by atoms with Crippen molar-refractivity contribution in [3.05, 3.63) is 35.9 Å². The molecule has 2 aliphatic heterocycles. The van der Waals surface area contributed by atoms with E-state index in [1.807, 2.05) is 17.2 Å². The summed E-state index contributed by atoms with van der Waals surface area (Å²) >= 11 is 6.04. The molecule has 0 saturated carbocycles. The fourth-order valence-electron chi connectivity index (χ4n) is 4.34. The van der Waals surface area contributed by atoms with Gasteiger partial charge in [0.2, 0.25) is 5.91 Å². The number of rotatable bonds is 5. The zero-order valence-electron chi connectivity index (χ0n) is 16.1. The third-order valence-corrected chi connectivity index (χ3v) is 5.97. The van der Waals surface area contributed by atoms with Crippen molar-refractivity contribution >= 4 is 23.2 Å². The molecule has 2 aromatic heterocycles. The summed E-state index contributed by atoms with van der Waals surface area (Å²) in [5.41, 5.74) is 1.97. The first-order valence-corrected chi connectivity index (χ1v) is 10.2. The van der Waals surface area contributed by atoms with Crippen LogP contribution in [0.1, 0.15) is 25.7 Å². The van der Waals surface area contributed by atoms with Crippen LogP contribution >= 0.6 is 11.6 Å². The van der Waals surface area contributed by atoms with E-state index in [2.05, 4.69) is 15.0 Å². The van der Waals surface area contributed by atoms with Crippen LogP contribution in [0.2, 0.25) is 5.02 Å². The number of piperidine rings is 1. The number of hydrogen-bond donors (Lipinski definition) is 0. The molecule has 2 aliphatic rings. The Hall–Kier alpha value is -2.12. The maximum Gasteiger partial charge on any atom is 0.226 e. The van der Waals surface area contributed by atoms with Gasteiger partial charge in [-0.1, -0.05) is 11.6 Å². The molecule has 0 unspecified atom stereocenters. The van der Waals surface area contributed by atoms with Gasteiger partial charge < -0.3 is 14.5 Å². The highest BCUT2D eigenvalue weighted by molar-refractivity contribution is 6.30. The lowest BCUT2D eigenvalue weighted by Gasteiger charge is -2.36. The Labute approximate surface area is 170 Å². The first-order chi connectivity index (χ1) is 13.7. The van der Waals surface area contributed by atoms with Gasteiger partial charge >= 0.3 is 0 Å². The van der Waals surface area contributed by atoms with Crippen LogP contribution in [-0.4, -0.2) is 65.0 Å². The molecular weight excluding hydrogens is 378 g/mol. The molecule has 2 fully saturated rings. The Balaban J connectivity index is 1.43. The summed E-state index contributed by atoms with van der Waals surface area (Å²) in [5, 5.41) is 4.92. The number of nitrogens with zero attached hydrogens (tertiary/aromatic N) is 5. The Morgan fingerprint density at radius 2 is 2.04 bits per heavy atom. The summed E-state index contributed by atoms with van der Waals surface area (Å²) < 4.78 is 7.07. The first kappa shape index (κ1) is 19.2. The summed E-state index contributed by atoms with van der Waals surface area (Å²) in [5.74, 6) is 0.387. The number of halogens is 1. The number of carbonyl (C=O) groups is 1. The second kappa shape index (κ2) is 8.49. The molecule has 2 aromatic rings. The SMILES string of the molecule is COC[C@@H]1CCCN1C(=O)C1CCN(c2cnccc2-n2cc(Cl)cn2)CC1. The third kappa shape index (κ3) is 3.86. The lowest BCUT2D eigenvalue weighted by molar-refractivity contribution is -0.137. The molecule has 150 valence electrons. The molecule has 0 spiro atoms. The number of ether oxygens (including phenoxy) is 1. The minimum atomic E-state index is 0.0907. The third-order valence-electron chi connectivity index (χ3n) is 5.78. The zero-order chi connectivity index (χ0) is 19.5. The largest absolute Gasteiger partial charge is 0.383 e. The molecule has 28 heavy (non-hydrogen) atoms. The van der Waals surface area contributed by atoms with Gasteiger partial charge in [0, 0.05) is 45.1 Å². The van der Waals surface area contributed by atoms with Gasteiger partial charge in [-0.25, -0.2) is 4.68 Å². The molecule has 0 aromatic carbocycles. The smallest absolute Gasteiger partial charge is 0.226 e. The number of hydrogen-bond acceptors (Lipinski definition) is 5. The van der Waals surface area contributed by atoms with Crippen molar-refractivity contribution in [2.75, 3.05) is 38.3 Å². The first-order valence-electron chi connectivity index (χ1n) is 9.86. The normalized spacial score (nSPS) is 20.7. The minimum absolute atomic E-state index is 0.0907. The number of anilines is 1. The Bertz CT molecular complexity index is 818. The highest BCUT2D eigenvalue weighted by Crippen LogP contribution is 2.30. The minimum Gasteiger partial charge on any atom is -0.383 e. The Kier molecular flexibility index (Phi) is 5.82. The van der Waals surface area contributed by atoms with Gasteiger partial charge in [-0.15, -0.1) is 0 Å². The lowest BCUT2D eigenvalue weighted by atomic mass is 9.94. The van der Waals surface area contributed by atoms with Gasteiger partial charge in [0.05, 0.1) is 41.4 Å². The molecule has 1 amide bonds. The van der Waals surface area contributed by atoms with Crippen LogP contribution in [0.4, 0.5) is 5.69 Å². The van der Waals surface area contributed by atoms with Gasteiger partial charge in [0.15, 0.2) is 0 Å². The van der Waals surface area contributed by atoms with Crippen LogP contribution in [-0.2, 0) is 9.53 Å². The Morgan fingerprint density at radius 3 is 2.75 bits per heavy atom. The highest BCUT2D eigenvalue weighted by Gasteiger charge is 2.35. The maximum atomic E-state index is 13.0. The summed E-state index contributed by atoms with van der Waals surface area (Å²) in [6.07, 6.45) is 10.9. The van der Waals surface area contributed by atoms with Crippen LogP contribution in [0.3, 0.4) is 0 Å². The van der Waals surface area contributed by atoms with Crippen LogP contribution in [0, 0.1) is 5.92 Å². The average molecular weight is 404 g/mol. The van der Waals surface area contributed by atoms with Crippen molar-refractivity contribution in [3.8, 4) is 5.69 Å². The number of methoxy groups -OCH3 is 1. The topological polar surface area (TPSA) is 63.5 Å². The standard InChI is InChI=1S/C20H26ClN5O2/c1-28-14-17-3-2-8-25(17)20(27)15-5-9-24(10-6-15)19-12-22-7-4-18(19)26-13-16(21)11-23-26/h4,7,11-13,15,17H,2-3,5-6,8-10,14H2,1H3/t17-/m0/s1. The molecule has 0 bridgehead atoms. The molecule has 7 nitrogen and oxygen atoms in total. The molecule has 0 N–H and O–H groups in total. The summed E-state index contributed by atoms with van der Waals surface area (Å²) in [6.45, 7) is 3.15. The van der Waals surface area contributed by atoms with Gasteiger partial charge in [-0.3, -0.25) is 9.78 Å². The van der Waals surface area contributed by atoms with E-state index in [4.69, 9.17) is 16.3 Å². The highest BCUT2D eigenvalue weighted by atomic mass is 35.5. The second-order valence-electron chi connectivity index (χ2n) is 7.51. The molecule has 0 aliphatic carbocycles. The van der Waals surface area contributed by atoms with E-state index in [1.165, 1.54) is 0 Å². The van der Waals surface area contributed by atoms with E-state index in [0.29, 0.717) is 17.5 Å². The number of aromatic nitrogens is 3. The van der Waals surface area contributed by atoms with Crippen LogP contribution in [0.5, 0.6) is 0 Å². The number of carbonyl (C=O) groups excluding carboxylic acids is 1. The van der Waals surface area contributed by atoms with Gasteiger partial charge in [-0.2, -0.15) is 5.10 Å². The molecule has 0 radical (unpaired) electrons. The fraction of sp³-hybridized carbons (Fsp3) is 0.550. The summed E-state index contributed by atoms with van der Waals surface area (Å²) in [4.78, 5) is 21.7. The van der Waals surface area contributed by atoms with Crippen LogP contribution in [0.25, 0.3) is 5.69 Å². The van der Waals surface area contributed by atoms with Crippen molar-refractivity contribution in [2.45, 2.75) is 31.7 Å². The van der Waals surface area contributed by atoms with Crippen LogP contribution < -0.4 is 4.90 Å². The van der Waals surface area contributed by atoms with Crippen LogP contribution in [0.15, 0.2) is 30.9 Å². The lowest BCUT2D eigenvalue weighted by Crippen LogP contribution is -2.45. The van der Waals surface area contributed by atoms with Gasteiger partial charge in [-0.05, 0) is 31.7 Å². The zero-order valence-corrected chi connectivity index (χ0v) is 16.9. The molecule has 2 saturated heterocycles. The number of pyridine rings is 1. The molecular formula is C20H26ClN5O2. The number of likely N-dealkylation sites (tertiary alicyclic amines) is 1. The second-order valence-corrected chi connectivity index (χ2v) is 7.95. The van der Waals surface area contributed by atoms with Gasteiger partial charge in [0.25, 0.3) is 0 Å². The van der Waals surface area contributed by atoms with E-state index in [-0.39, 0.29) is 12.0 Å². The van der Waals surface area contributed by atoms with Crippen molar-refractivity contribution in [1.82, 2.24) is 19.7 Å². The van der Waals surface area contributed by atoms with E-state index in [1.54, 1.807) is 30.4 Å². The van der Waals surface area contributed by atoms with E-state index in [0.717, 1.165) is 56.7 Å². The van der Waals surface area contributed by atoms with Gasteiger partial charge in [0.1, 0.15) is 0 Å². The van der Waals surface area contributed by atoms with E-state index >= 15 is 0 Å². The summed E-state index contributed by atoms with van der Waals surface area (Å²) in [6, 6.07) is 2.18. The fourth-order valence-corrected chi connectivity index (χ4v) is 4.48. The quantitative estimate of drug-likeness (QED) is 0.768. The summed E-state index contributed by atoms with van der Waals surface area (Å²) in [7, 11) is 1.71. The predicted molar refractivity (Wildman–Crippen MR) is 108 cm³/mol. The molecule has 4 rings (SSSR count). The van der Waals surface area contributed by atoms with Crippen molar-refractivity contribution in [1.29, 1.82) is 0 Å². The number of amides is 1. The maximum absolute atomic E-state index is 13.0.